The van der Waals surface area contributed by atoms with Crippen LogP contribution in [0, 0.1) is 0 Å². The molecule has 0 saturated heterocycles. The quantitative estimate of drug-likeness (QED) is 0.904. The van der Waals surface area contributed by atoms with E-state index >= 15 is 0 Å². The van der Waals surface area contributed by atoms with Crippen molar-refractivity contribution in [2.75, 3.05) is 7.05 Å². The highest BCUT2D eigenvalue weighted by atomic mass is 32.1. The fourth-order valence-electron chi connectivity index (χ4n) is 3.26. The SMILES string of the molecule is CN(C(=O)c1cc2c(s1)CCC2)C1CCC(N)CC1. The van der Waals surface area contributed by atoms with Crippen molar-refractivity contribution in [2.24, 2.45) is 5.73 Å². The van der Waals surface area contributed by atoms with Gasteiger partial charge in [-0.1, -0.05) is 0 Å². The van der Waals surface area contributed by atoms with Crippen molar-refractivity contribution in [1.29, 1.82) is 0 Å². The Balaban J connectivity index is 1.68. The van der Waals surface area contributed by atoms with Crippen LogP contribution in [0.15, 0.2) is 6.07 Å². The van der Waals surface area contributed by atoms with E-state index in [0.717, 1.165) is 43.4 Å². The van der Waals surface area contributed by atoms with Crippen molar-refractivity contribution in [3.05, 3.63) is 21.4 Å². The molecule has 2 aliphatic carbocycles. The molecule has 104 valence electrons. The van der Waals surface area contributed by atoms with Crippen LogP contribution in [0.25, 0.3) is 0 Å². The van der Waals surface area contributed by atoms with Crippen LogP contribution in [0.1, 0.15) is 52.2 Å². The van der Waals surface area contributed by atoms with Crippen molar-refractivity contribution < 1.29 is 4.79 Å². The molecule has 3 rings (SSSR count). The van der Waals surface area contributed by atoms with E-state index < -0.39 is 0 Å². The predicted octanol–water partition coefficient (Wildman–Crippen LogP) is 2.58. The molecule has 2 aliphatic rings. The highest BCUT2D eigenvalue weighted by molar-refractivity contribution is 7.14. The van der Waals surface area contributed by atoms with Crippen molar-refractivity contribution in [1.82, 2.24) is 4.90 Å². The lowest BCUT2D eigenvalue weighted by Crippen LogP contribution is -2.41. The van der Waals surface area contributed by atoms with Crippen LogP contribution < -0.4 is 5.73 Å². The standard InChI is InChI=1S/C15H22N2OS/c1-17(12-7-5-11(16)6-8-12)15(18)14-9-10-3-2-4-13(10)19-14/h9,11-12H,2-8,16H2,1H3. The van der Waals surface area contributed by atoms with Gasteiger partial charge in [-0.05, 0) is 56.6 Å². The van der Waals surface area contributed by atoms with Gasteiger partial charge in [-0.15, -0.1) is 11.3 Å². The number of hydrogen-bond acceptors (Lipinski definition) is 3. The number of nitrogens with two attached hydrogens (primary N) is 1. The Bertz CT molecular complexity index is 453. The number of carbonyl (C=O) groups excluding carboxylic acids is 1. The fraction of sp³-hybridized carbons (Fsp3) is 0.667. The summed E-state index contributed by atoms with van der Waals surface area (Å²) in [6, 6.07) is 2.84. The summed E-state index contributed by atoms with van der Waals surface area (Å²) in [5, 5.41) is 0. The van der Waals surface area contributed by atoms with E-state index in [0.29, 0.717) is 12.1 Å². The number of fused-ring (bicyclic) bond motifs is 1. The van der Waals surface area contributed by atoms with Gasteiger partial charge in [0.2, 0.25) is 0 Å². The van der Waals surface area contributed by atoms with Crippen molar-refractivity contribution >= 4 is 17.2 Å². The molecule has 1 amide bonds. The Labute approximate surface area is 118 Å². The highest BCUT2D eigenvalue weighted by Gasteiger charge is 2.27. The number of nitrogens with zero attached hydrogens (tertiary/aromatic N) is 1. The summed E-state index contributed by atoms with van der Waals surface area (Å²) in [6.07, 6.45) is 7.76. The Hall–Kier alpha value is -0.870. The van der Waals surface area contributed by atoms with Crippen LogP contribution >= 0.6 is 11.3 Å². The van der Waals surface area contributed by atoms with Gasteiger partial charge in [0.1, 0.15) is 0 Å². The van der Waals surface area contributed by atoms with Crippen molar-refractivity contribution in [2.45, 2.75) is 57.0 Å². The second-order valence-corrected chi connectivity index (χ2v) is 7.03. The molecule has 1 aromatic heterocycles. The molecule has 19 heavy (non-hydrogen) atoms. The molecular weight excluding hydrogens is 256 g/mol. The molecular formula is C15H22N2OS. The summed E-state index contributed by atoms with van der Waals surface area (Å²) in [7, 11) is 1.95. The Morgan fingerprint density at radius 1 is 1.32 bits per heavy atom. The molecule has 0 aromatic carbocycles. The van der Waals surface area contributed by atoms with Gasteiger partial charge in [0.25, 0.3) is 5.91 Å². The van der Waals surface area contributed by atoms with Crippen LogP contribution in [0.2, 0.25) is 0 Å². The predicted molar refractivity (Wildman–Crippen MR) is 78.7 cm³/mol. The van der Waals surface area contributed by atoms with Crippen LogP contribution in [-0.4, -0.2) is 29.9 Å². The Kier molecular flexibility index (Phi) is 3.63. The average molecular weight is 278 g/mol. The van der Waals surface area contributed by atoms with Crippen molar-refractivity contribution in [3.63, 3.8) is 0 Å². The van der Waals surface area contributed by atoms with Crippen LogP contribution in [0.5, 0.6) is 0 Å². The van der Waals surface area contributed by atoms with Gasteiger partial charge in [-0.2, -0.15) is 0 Å². The zero-order valence-electron chi connectivity index (χ0n) is 11.5. The maximum Gasteiger partial charge on any atom is 0.263 e. The number of carbonyl (C=O) groups is 1. The lowest BCUT2D eigenvalue weighted by atomic mass is 9.91. The molecule has 0 unspecified atom stereocenters. The van der Waals surface area contributed by atoms with Crippen LogP contribution in [0.4, 0.5) is 0 Å². The van der Waals surface area contributed by atoms with E-state index in [1.165, 1.54) is 16.9 Å². The molecule has 1 heterocycles. The largest absolute Gasteiger partial charge is 0.338 e. The molecule has 1 aromatic rings. The second-order valence-electron chi connectivity index (χ2n) is 5.90. The topological polar surface area (TPSA) is 46.3 Å². The molecule has 1 fully saturated rings. The molecule has 3 nitrogen and oxygen atoms in total. The summed E-state index contributed by atoms with van der Waals surface area (Å²) in [5.74, 6) is 0.208. The molecule has 0 bridgehead atoms. The second kappa shape index (κ2) is 5.25. The Morgan fingerprint density at radius 3 is 2.74 bits per heavy atom. The first-order chi connectivity index (χ1) is 9.15. The van der Waals surface area contributed by atoms with Crippen LogP contribution in [0.3, 0.4) is 0 Å². The number of aryl methyl sites for hydroxylation is 2. The minimum absolute atomic E-state index is 0.208. The van der Waals surface area contributed by atoms with Gasteiger partial charge in [0.15, 0.2) is 0 Å². The summed E-state index contributed by atoms with van der Waals surface area (Å²) < 4.78 is 0. The fourth-order valence-corrected chi connectivity index (χ4v) is 4.50. The van der Waals surface area contributed by atoms with Gasteiger partial charge in [0.05, 0.1) is 4.88 Å². The number of amides is 1. The van der Waals surface area contributed by atoms with E-state index in [-0.39, 0.29) is 5.91 Å². The normalized spacial score (nSPS) is 26.2. The van der Waals surface area contributed by atoms with Crippen molar-refractivity contribution in [3.8, 4) is 0 Å². The molecule has 4 heteroatoms. The molecule has 0 spiro atoms. The summed E-state index contributed by atoms with van der Waals surface area (Å²) >= 11 is 1.71. The lowest BCUT2D eigenvalue weighted by Gasteiger charge is -2.33. The molecule has 0 atom stereocenters. The average Bonchev–Trinajstić information content (AvgIpc) is 2.98. The number of hydrogen-bond donors (Lipinski definition) is 1. The third-order valence-electron chi connectivity index (χ3n) is 4.57. The Morgan fingerprint density at radius 2 is 2.05 bits per heavy atom. The highest BCUT2D eigenvalue weighted by Crippen LogP contribution is 2.32. The van der Waals surface area contributed by atoms with E-state index in [1.807, 2.05) is 11.9 Å². The van der Waals surface area contributed by atoms with E-state index in [4.69, 9.17) is 5.73 Å². The number of thiophene rings is 1. The molecule has 0 aliphatic heterocycles. The maximum absolute atomic E-state index is 12.5. The zero-order valence-corrected chi connectivity index (χ0v) is 12.3. The van der Waals surface area contributed by atoms with E-state index in [1.54, 1.807) is 11.3 Å². The summed E-state index contributed by atoms with van der Waals surface area (Å²) in [5.41, 5.74) is 7.34. The van der Waals surface area contributed by atoms with Gasteiger partial charge < -0.3 is 10.6 Å². The van der Waals surface area contributed by atoms with E-state index in [2.05, 4.69) is 6.07 Å². The smallest absolute Gasteiger partial charge is 0.263 e. The third kappa shape index (κ3) is 2.56. The number of rotatable bonds is 2. The maximum atomic E-state index is 12.5. The molecule has 0 radical (unpaired) electrons. The van der Waals surface area contributed by atoms with Gasteiger partial charge in [-0.3, -0.25) is 4.79 Å². The monoisotopic (exact) mass is 278 g/mol. The third-order valence-corrected chi connectivity index (χ3v) is 5.79. The summed E-state index contributed by atoms with van der Waals surface area (Å²) in [4.78, 5) is 16.9. The first kappa shape index (κ1) is 13.1. The molecule has 1 saturated carbocycles. The minimum atomic E-state index is 0.208. The minimum Gasteiger partial charge on any atom is -0.338 e. The first-order valence-electron chi connectivity index (χ1n) is 7.29. The van der Waals surface area contributed by atoms with E-state index in [9.17, 15) is 4.79 Å². The van der Waals surface area contributed by atoms with Crippen LogP contribution in [-0.2, 0) is 12.8 Å². The first-order valence-corrected chi connectivity index (χ1v) is 8.11. The summed E-state index contributed by atoms with van der Waals surface area (Å²) in [6.45, 7) is 0. The van der Waals surface area contributed by atoms with Gasteiger partial charge in [0, 0.05) is 24.0 Å². The van der Waals surface area contributed by atoms with Gasteiger partial charge >= 0.3 is 0 Å². The zero-order chi connectivity index (χ0) is 13.4. The van der Waals surface area contributed by atoms with Gasteiger partial charge in [-0.25, -0.2) is 0 Å². The lowest BCUT2D eigenvalue weighted by molar-refractivity contribution is 0.0695. The molecule has 2 N–H and O–H groups in total.